The number of rotatable bonds is 10. The van der Waals surface area contributed by atoms with Gasteiger partial charge in [0.2, 0.25) is 0 Å². The first-order chi connectivity index (χ1) is 18.7. The van der Waals surface area contributed by atoms with Crippen LogP contribution in [0.4, 0.5) is 0 Å². The van der Waals surface area contributed by atoms with Crippen LogP contribution in [0, 0.1) is 0 Å². The van der Waals surface area contributed by atoms with Crippen LogP contribution in [0.25, 0.3) is 32.9 Å². The molecule has 0 fully saturated rings. The summed E-state index contributed by atoms with van der Waals surface area (Å²) in [6, 6.07) is 29.6. The molecule has 4 aromatic carbocycles. The molecule has 0 radical (unpaired) electrons. The minimum atomic E-state index is 0.275. The molecule has 0 aliphatic heterocycles. The first kappa shape index (κ1) is 25.9. The predicted molar refractivity (Wildman–Crippen MR) is 170 cm³/mol. The minimum absolute atomic E-state index is 0.275. The summed E-state index contributed by atoms with van der Waals surface area (Å²) in [5.41, 5.74) is 9.83. The second-order valence-corrected chi connectivity index (χ2v) is 12.6. The Kier molecular flexibility index (Phi) is 7.77. The Bertz CT molecular complexity index is 1540. The van der Waals surface area contributed by atoms with Gasteiger partial charge < -0.3 is 4.57 Å². The number of nitrogens with zero attached hydrogens (tertiary/aromatic N) is 1. The summed E-state index contributed by atoms with van der Waals surface area (Å²) in [7, 11) is 0. The van der Waals surface area contributed by atoms with E-state index < -0.39 is 0 Å². The van der Waals surface area contributed by atoms with Gasteiger partial charge in [0.15, 0.2) is 0 Å². The monoisotopic (exact) mass is 627 g/mol. The molecule has 1 nitrogen and oxygen atoms in total. The SMILES string of the molecule is CCCCCCCCCC(c1c(Br)ccc2c1Cc1cc(Br)ccc1-2)n1c2ccccc2c2ccccc21. The number of halogens is 2. The molecule has 0 saturated heterocycles. The van der Waals surface area contributed by atoms with Gasteiger partial charge in [-0.3, -0.25) is 0 Å². The van der Waals surface area contributed by atoms with Crippen LogP contribution in [0.15, 0.2) is 87.8 Å². The summed E-state index contributed by atoms with van der Waals surface area (Å²) in [5.74, 6) is 0. The molecule has 0 bridgehead atoms. The van der Waals surface area contributed by atoms with Gasteiger partial charge in [-0.15, -0.1) is 0 Å². The van der Waals surface area contributed by atoms with Crippen molar-refractivity contribution in [3.05, 3.63) is 104 Å². The fourth-order valence-corrected chi connectivity index (χ4v) is 7.63. The number of hydrogen-bond acceptors (Lipinski definition) is 0. The summed E-state index contributed by atoms with van der Waals surface area (Å²) in [4.78, 5) is 0. The van der Waals surface area contributed by atoms with Gasteiger partial charge in [0.05, 0.1) is 6.04 Å². The number of hydrogen-bond donors (Lipinski definition) is 0. The lowest BCUT2D eigenvalue weighted by Crippen LogP contribution is -2.14. The number of fused-ring (bicyclic) bond motifs is 6. The number of aromatic nitrogens is 1. The van der Waals surface area contributed by atoms with E-state index in [0.717, 1.165) is 17.3 Å². The summed E-state index contributed by atoms with van der Waals surface area (Å²) in [6.07, 6.45) is 11.4. The molecule has 0 spiro atoms. The molecule has 194 valence electrons. The maximum atomic E-state index is 4.05. The van der Waals surface area contributed by atoms with E-state index in [1.165, 1.54) is 99.0 Å². The first-order valence-electron chi connectivity index (χ1n) is 14.2. The summed E-state index contributed by atoms with van der Waals surface area (Å²) in [5, 5.41) is 2.70. The van der Waals surface area contributed by atoms with Crippen molar-refractivity contribution in [1.82, 2.24) is 4.57 Å². The molecule has 1 atom stereocenters. The van der Waals surface area contributed by atoms with E-state index in [9.17, 15) is 0 Å². The minimum Gasteiger partial charge on any atom is -0.333 e. The second kappa shape index (κ2) is 11.4. The summed E-state index contributed by atoms with van der Waals surface area (Å²) >= 11 is 7.76. The third-order valence-corrected chi connectivity index (χ3v) is 9.56. The van der Waals surface area contributed by atoms with Crippen molar-refractivity contribution in [2.45, 2.75) is 70.8 Å². The van der Waals surface area contributed by atoms with Crippen LogP contribution in [0.1, 0.15) is 81.0 Å². The molecule has 0 N–H and O–H groups in total. The molecule has 1 heterocycles. The average molecular weight is 629 g/mol. The Labute approximate surface area is 243 Å². The van der Waals surface area contributed by atoms with Gasteiger partial charge in [-0.25, -0.2) is 0 Å². The fourth-order valence-electron chi connectivity index (χ4n) is 6.59. The zero-order valence-corrected chi connectivity index (χ0v) is 25.3. The lowest BCUT2D eigenvalue weighted by molar-refractivity contribution is 0.504. The zero-order chi connectivity index (χ0) is 26.1. The zero-order valence-electron chi connectivity index (χ0n) is 22.2. The molecular weight excluding hydrogens is 594 g/mol. The molecule has 1 aliphatic rings. The van der Waals surface area contributed by atoms with Crippen LogP contribution in [0.3, 0.4) is 0 Å². The van der Waals surface area contributed by atoms with Gasteiger partial charge in [0.1, 0.15) is 0 Å². The molecule has 1 aliphatic carbocycles. The van der Waals surface area contributed by atoms with Crippen LogP contribution >= 0.6 is 31.9 Å². The molecular formula is C35H35Br2N. The highest BCUT2D eigenvalue weighted by atomic mass is 79.9. The third kappa shape index (κ3) is 4.77. The normalized spacial score (nSPS) is 13.2. The van der Waals surface area contributed by atoms with E-state index >= 15 is 0 Å². The van der Waals surface area contributed by atoms with E-state index in [1.807, 2.05) is 0 Å². The Balaban J connectivity index is 1.46. The molecule has 1 aromatic heterocycles. The maximum Gasteiger partial charge on any atom is 0.0606 e. The lowest BCUT2D eigenvalue weighted by atomic mass is 9.92. The Morgan fingerprint density at radius 2 is 1.34 bits per heavy atom. The highest BCUT2D eigenvalue weighted by Gasteiger charge is 2.29. The van der Waals surface area contributed by atoms with E-state index in [0.29, 0.717) is 0 Å². The van der Waals surface area contributed by atoms with Crippen molar-refractivity contribution in [2.24, 2.45) is 0 Å². The number of unbranched alkanes of at least 4 members (excludes halogenated alkanes) is 6. The largest absolute Gasteiger partial charge is 0.333 e. The van der Waals surface area contributed by atoms with Gasteiger partial charge in [-0.05, 0) is 71.0 Å². The van der Waals surface area contributed by atoms with Gasteiger partial charge >= 0.3 is 0 Å². The molecule has 0 amide bonds. The maximum absolute atomic E-state index is 4.05. The van der Waals surface area contributed by atoms with Crippen molar-refractivity contribution >= 4 is 53.7 Å². The lowest BCUT2D eigenvalue weighted by Gasteiger charge is -2.26. The average Bonchev–Trinajstić information content (AvgIpc) is 3.46. The van der Waals surface area contributed by atoms with Gasteiger partial charge in [-0.2, -0.15) is 0 Å². The van der Waals surface area contributed by atoms with Gasteiger partial charge in [0.25, 0.3) is 0 Å². The van der Waals surface area contributed by atoms with Crippen molar-refractivity contribution in [1.29, 1.82) is 0 Å². The van der Waals surface area contributed by atoms with Crippen molar-refractivity contribution in [3.63, 3.8) is 0 Å². The highest BCUT2D eigenvalue weighted by molar-refractivity contribution is 9.10. The van der Waals surface area contributed by atoms with Crippen LogP contribution in [-0.4, -0.2) is 4.57 Å². The topological polar surface area (TPSA) is 4.93 Å². The summed E-state index contributed by atoms with van der Waals surface area (Å²) < 4.78 is 5.05. The molecule has 1 unspecified atom stereocenters. The van der Waals surface area contributed by atoms with Crippen LogP contribution in [0.5, 0.6) is 0 Å². The Hall–Kier alpha value is -2.36. The Morgan fingerprint density at radius 3 is 2.05 bits per heavy atom. The molecule has 6 rings (SSSR count). The number of benzene rings is 4. The smallest absolute Gasteiger partial charge is 0.0606 e. The van der Waals surface area contributed by atoms with Gasteiger partial charge in [-0.1, -0.05) is 132 Å². The molecule has 5 aromatic rings. The van der Waals surface area contributed by atoms with Crippen LogP contribution in [0.2, 0.25) is 0 Å². The van der Waals surface area contributed by atoms with E-state index in [1.54, 1.807) is 0 Å². The van der Waals surface area contributed by atoms with Crippen LogP contribution in [-0.2, 0) is 6.42 Å². The van der Waals surface area contributed by atoms with E-state index in [2.05, 4.69) is 122 Å². The van der Waals surface area contributed by atoms with Crippen molar-refractivity contribution < 1.29 is 0 Å². The third-order valence-electron chi connectivity index (χ3n) is 8.37. The van der Waals surface area contributed by atoms with E-state index in [-0.39, 0.29) is 6.04 Å². The van der Waals surface area contributed by atoms with E-state index in [4.69, 9.17) is 0 Å². The highest BCUT2D eigenvalue weighted by Crippen LogP contribution is 2.47. The molecule has 0 saturated carbocycles. The Morgan fingerprint density at radius 1 is 0.711 bits per heavy atom. The first-order valence-corrected chi connectivity index (χ1v) is 15.8. The second-order valence-electron chi connectivity index (χ2n) is 10.8. The quantitative estimate of drug-likeness (QED) is 0.133. The standard InChI is InChI=1S/C35H35Br2N/c1-2-3-4-5-6-7-8-17-34(38-32-15-11-9-13-28(32)29-14-10-12-16-33(29)38)35-30-23-24-22-25(36)18-19-26(24)27(30)20-21-31(35)37/h9-16,18-22,34H,2-8,17,23H2,1H3. The molecule has 38 heavy (non-hydrogen) atoms. The predicted octanol–water partition coefficient (Wildman–Crippen LogP) is 11.6. The fraction of sp³-hybridized carbons (Fsp3) is 0.314. The van der Waals surface area contributed by atoms with Gasteiger partial charge in [0, 0.05) is 30.8 Å². The van der Waals surface area contributed by atoms with Crippen LogP contribution < -0.4 is 0 Å². The summed E-state index contributed by atoms with van der Waals surface area (Å²) in [6.45, 7) is 2.30. The number of para-hydroxylation sites is 2. The molecule has 3 heteroatoms. The van der Waals surface area contributed by atoms with Crippen molar-refractivity contribution in [2.75, 3.05) is 0 Å². The van der Waals surface area contributed by atoms with Crippen molar-refractivity contribution in [3.8, 4) is 11.1 Å².